The minimum absolute atomic E-state index is 0.379. The summed E-state index contributed by atoms with van der Waals surface area (Å²) in [4.78, 5) is 31.0. The predicted octanol–water partition coefficient (Wildman–Crippen LogP) is 2.07. The number of carbonyl (C=O) groups is 2. The number of hydrogen-bond donors (Lipinski definition) is 0. The first-order chi connectivity index (χ1) is 15.3. The molecule has 4 rings (SSSR count). The van der Waals surface area contributed by atoms with Gasteiger partial charge in [0.15, 0.2) is 14.6 Å². The molecule has 8 nitrogen and oxygen atoms in total. The van der Waals surface area contributed by atoms with Crippen LogP contribution < -0.4 is 14.4 Å². The van der Waals surface area contributed by atoms with Crippen molar-refractivity contribution in [2.24, 2.45) is 12.0 Å². The summed E-state index contributed by atoms with van der Waals surface area (Å²) in [5.41, 5.74) is 2.61. The number of sulfone groups is 1. The van der Waals surface area contributed by atoms with Crippen molar-refractivity contribution in [3.05, 3.63) is 52.8 Å². The molecule has 2 aromatic carbocycles. The summed E-state index contributed by atoms with van der Waals surface area (Å²) < 4.78 is 33.0. The monoisotopic (exact) mass is 473 g/mol. The Morgan fingerprint density at radius 1 is 1.16 bits per heavy atom. The van der Waals surface area contributed by atoms with E-state index in [1.54, 1.807) is 24.8 Å². The number of amides is 2. The molecule has 1 aliphatic heterocycles. The van der Waals surface area contributed by atoms with E-state index in [-0.39, 0.29) is 0 Å². The molecule has 32 heavy (non-hydrogen) atoms. The van der Waals surface area contributed by atoms with Crippen LogP contribution in [0.5, 0.6) is 5.75 Å². The quantitative estimate of drug-likeness (QED) is 0.565. The summed E-state index contributed by atoms with van der Waals surface area (Å²) >= 11 is 1.26. The van der Waals surface area contributed by atoms with Crippen LogP contribution in [0.15, 0.2) is 47.5 Å². The average molecular weight is 474 g/mol. The van der Waals surface area contributed by atoms with E-state index in [0.29, 0.717) is 17.1 Å². The normalized spacial score (nSPS) is 14.4. The van der Waals surface area contributed by atoms with Crippen molar-refractivity contribution in [1.29, 1.82) is 0 Å². The number of carbonyl (C=O) groups excluding carboxylic acids is 2. The van der Waals surface area contributed by atoms with Crippen LogP contribution in [0.25, 0.3) is 10.2 Å². The number of ether oxygens (including phenoxy) is 1. The van der Waals surface area contributed by atoms with Gasteiger partial charge in [-0.25, -0.2) is 8.42 Å². The molecular formula is C22H23N3O5S2. The molecule has 2 heterocycles. The largest absolute Gasteiger partial charge is 0.497 e. The van der Waals surface area contributed by atoms with E-state index in [1.165, 1.54) is 16.2 Å². The first-order valence-electron chi connectivity index (χ1n) is 10.1. The van der Waals surface area contributed by atoms with Crippen LogP contribution in [0.2, 0.25) is 0 Å². The molecule has 0 bridgehead atoms. The number of benzene rings is 2. The molecule has 0 saturated carbocycles. The van der Waals surface area contributed by atoms with Crippen molar-refractivity contribution in [3.8, 4) is 5.75 Å². The highest BCUT2D eigenvalue weighted by atomic mass is 32.2. The van der Waals surface area contributed by atoms with Gasteiger partial charge in [0.2, 0.25) is 5.91 Å². The van der Waals surface area contributed by atoms with Gasteiger partial charge in [-0.2, -0.15) is 4.99 Å². The zero-order valence-electron chi connectivity index (χ0n) is 17.8. The molecular weight excluding hydrogens is 450 g/mol. The lowest BCUT2D eigenvalue weighted by molar-refractivity contribution is -0.116. The smallest absolute Gasteiger partial charge is 0.263 e. The van der Waals surface area contributed by atoms with Crippen LogP contribution in [0.1, 0.15) is 12.0 Å². The average Bonchev–Trinajstić information content (AvgIpc) is 3.06. The van der Waals surface area contributed by atoms with E-state index in [4.69, 9.17) is 4.74 Å². The zero-order valence-corrected chi connectivity index (χ0v) is 19.4. The van der Waals surface area contributed by atoms with Gasteiger partial charge in [-0.05, 0) is 42.7 Å². The molecule has 3 aromatic rings. The van der Waals surface area contributed by atoms with Crippen LogP contribution in [0.3, 0.4) is 0 Å². The number of hydrogen-bond acceptors (Lipinski definition) is 6. The highest BCUT2D eigenvalue weighted by molar-refractivity contribution is 7.92. The number of anilines is 1. The van der Waals surface area contributed by atoms with Gasteiger partial charge < -0.3 is 14.2 Å². The Hall–Kier alpha value is -2.98. The van der Waals surface area contributed by atoms with Crippen molar-refractivity contribution in [3.63, 3.8) is 0 Å². The number of para-hydroxylation sites is 1. The molecule has 0 atom stereocenters. The summed E-state index contributed by atoms with van der Waals surface area (Å²) in [7, 11) is -0.644. The molecule has 0 aliphatic carbocycles. The molecule has 0 saturated heterocycles. The molecule has 168 valence electrons. The van der Waals surface area contributed by atoms with Crippen molar-refractivity contribution >= 4 is 48.9 Å². The Bertz CT molecular complexity index is 1370. The number of rotatable bonds is 5. The van der Waals surface area contributed by atoms with Crippen molar-refractivity contribution in [2.75, 3.05) is 30.1 Å². The Kier molecular flexibility index (Phi) is 6.16. The summed E-state index contributed by atoms with van der Waals surface area (Å²) in [5.74, 6) is -2.18. The summed E-state index contributed by atoms with van der Waals surface area (Å²) in [5, 5.41) is 0. The number of aromatic nitrogens is 1. The molecule has 1 aliphatic rings. The van der Waals surface area contributed by atoms with Gasteiger partial charge >= 0.3 is 0 Å². The van der Waals surface area contributed by atoms with E-state index in [2.05, 4.69) is 4.99 Å². The molecule has 0 radical (unpaired) electrons. The van der Waals surface area contributed by atoms with Gasteiger partial charge in [0.05, 0.1) is 17.3 Å². The van der Waals surface area contributed by atoms with Crippen LogP contribution in [0, 0.1) is 0 Å². The maximum Gasteiger partial charge on any atom is 0.263 e. The van der Waals surface area contributed by atoms with E-state index < -0.39 is 33.2 Å². The molecule has 0 spiro atoms. The Morgan fingerprint density at radius 2 is 1.94 bits per heavy atom. The van der Waals surface area contributed by atoms with Gasteiger partial charge in [-0.15, -0.1) is 0 Å². The number of nitrogens with zero attached hydrogens (tertiary/aromatic N) is 3. The minimum atomic E-state index is -3.96. The van der Waals surface area contributed by atoms with Crippen molar-refractivity contribution < 1.29 is 22.7 Å². The molecule has 0 fully saturated rings. The lowest BCUT2D eigenvalue weighted by Gasteiger charge is -2.29. The van der Waals surface area contributed by atoms with Gasteiger partial charge in [-0.1, -0.05) is 29.5 Å². The summed E-state index contributed by atoms with van der Waals surface area (Å²) in [6.45, 7) is 0.463. The van der Waals surface area contributed by atoms with Crippen LogP contribution in [-0.4, -0.2) is 50.0 Å². The standard InChI is InChI=1S/C22H23N3O5S2/c1-24-18-10-9-16(30-2)12-19(18)31-22(24)23-20(26)13-32(28,29)14-21(27)25-11-5-7-15-6-3-4-8-17(15)25/h3-4,6,8-10,12H,5,7,11,13-14H2,1-2H3. The number of methoxy groups -OCH3 is 1. The summed E-state index contributed by atoms with van der Waals surface area (Å²) in [6, 6.07) is 12.9. The van der Waals surface area contributed by atoms with Gasteiger partial charge in [0, 0.05) is 19.3 Å². The highest BCUT2D eigenvalue weighted by Gasteiger charge is 2.28. The zero-order chi connectivity index (χ0) is 22.9. The van der Waals surface area contributed by atoms with E-state index >= 15 is 0 Å². The highest BCUT2D eigenvalue weighted by Crippen LogP contribution is 2.27. The number of thiazole rings is 1. The van der Waals surface area contributed by atoms with E-state index in [0.717, 1.165) is 34.3 Å². The SMILES string of the molecule is COc1ccc2c(c1)sc(=NC(=O)CS(=O)(=O)CC(=O)N1CCCc3ccccc31)n2C. The van der Waals surface area contributed by atoms with Crippen molar-refractivity contribution in [2.45, 2.75) is 12.8 Å². The van der Waals surface area contributed by atoms with Gasteiger partial charge in [0.25, 0.3) is 5.91 Å². The Balaban J connectivity index is 1.50. The lowest BCUT2D eigenvalue weighted by Crippen LogP contribution is -2.40. The maximum atomic E-state index is 12.7. The van der Waals surface area contributed by atoms with Crippen molar-refractivity contribution in [1.82, 2.24) is 4.57 Å². The predicted molar refractivity (Wildman–Crippen MR) is 124 cm³/mol. The number of aryl methyl sites for hydroxylation is 2. The summed E-state index contributed by atoms with van der Waals surface area (Å²) in [6.07, 6.45) is 1.62. The fourth-order valence-electron chi connectivity index (χ4n) is 3.78. The fourth-order valence-corrected chi connectivity index (χ4v) is 5.92. The van der Waals surface area contributed by atoms with Gasteiger partial charge in [0.1, 0.15) is 17.3 Å². The first kappa shape index (κ1) is 22.2. The molecule has 10 heteroatoms. The van der Waals surface area contributed by atoms with Crippen LogP contribution in [0.4, 0.5) is 5.69 Å². The molecule has 1 aromatic heterocycles. The van der Waals surface area contributed by atoms with Gasteiger partial charge in [-0.3, -0.25) is 9.59 Å². The molecule has 0 N–H and O–H groups in total. The Labute approximate surface area is 189 Å². The van der Waals surface area contributed by atoms with Crippen LogP contribution >= 0.6 is 11.3 Å². The second-order valence-electron chi connectivity index (χ2n) is 7.59. The Morgan fingerprint density at radius 3 is 2.72 bits per heavy atom. The fraction of sp³-hybridized carbons (Fsp3) is 0.318. The first-order valence-corrected chi connectivity index (χ1v) is 12.7. The third-order valence-electron chi connectivity index (χ3n) is 5.33. The van der Waals surface area contributed by atoms with E-state index in [9.17, 15) is 18.0 Å². The minimum Gasteiger partial charge on any atom is -0.497 e. The van der Waals surface area contributed by atoms with E-state index in [1.807, 2.05) is 36.4 Å². The lowest BCUT2D eigenvalue weighted by atomic mass is 10.0. The third kappa shape index (κ3) is 4.61. The second kappa shape index (κ2) is 8.87. The number of fused-ring (bicyclic) bond motifs is 2. The topological polar surface area (TPSA) is 98.0 Å². The molecule has 0 unspecified atom stereocenters. The van der Waals surface area contributed by atoms with Crippen LogP contribution in [-0.2, 0) is 32.9 Å². The second-order valence-corrected chi connectivity index (χ2v) is 10.7. The maximum absolute atomic E-state index is 12.7. The third-order valence-corrected chi connectivity index (χ3v) is 7.80. The molecule has 2 amide bonds.